The lowest BCUT2D eigenvalue weighted by Crippen LogP contribution is -2.36. The molecule has 7 heteroatoms. The van der Waals surface area contributed by atoms with Crippen LogP contribution in [0.3, 0.4) is 0 Å². The summed E-state index contributed by atoms with van der Waals surface area (Å²) >= 11 is 1.49. The van der Waals surface area contributed by atoms with E-state index in [1.54, 1.807) is 17.6 Å². The zero-order valence-corrected chi connectivity index (χ0v) is 16.9. The summed E-state index contributed by atoms with van der Waals surface area (Å²) in [7, 11) is 1.62. The minimum atomic E-state index is -0.0247. The van der Waals surface area contributed by atoms with Gasteiger partial charge in [0.25, 0.3) is 5.56 Å². The molecule has 0 saturated carbocycles. The molecular formula is C21H23N3O3S. The van der Waals surface area contributed by atoms with E-state index >= 15 is 0 Å². The van der Waals surface area contributed by atoms with Gasteiger partial charge in [0.1, 0.15) is 5.75 Å². The lowest BCUT2D eigenvalue weighted by Gasteiger charge is -2.31. The molecule has 0 bridgehead atoms. The molecule has 1 aromatic carbocycles. The van der Waals surface area contributed by atoms with Gasteiger partial charge in [0, 0.05) is 35.2 Å². The van der Waals surface area contributed by atoms with Crippen molar-refractivity contribution in [1.82, 2.24) is 14.3 Å². The normalized spacial score (nSPS) is 15.8. The monoisotopic (exact) mass is 397 g/mol. The molecule has 2 aromatic heterocycles. The number of carbonyl (C=O) groups is 1. The van der Waals surface area contributed by atoms with Gasteiger partial charge in [0.05, 0.1) is 12.8 Å². The molecule has 0 spiro atoms. The number of hydrogen-bond donors (Lipinski definition) is 0. The average molecular weight is 398 g/mol. The number of thiazole rings is 1. The highest BCUT2D eigenvalue weighted by molar-refractivity contribution is 7.15. The largest absolute Gasteiger partial charge is 0.497 e. The first-order chi connectivity index (χ1) is 13.5. The quantitative estimate of drug-likeness (QED) is 0.619. The van der Waals surface area contributed by atoms with Crippen molar-refractivity contribution in [3.8, 4) is 5.75 Å². The summed E-state index contributed by atoms with van der Waals surface area (Å²) in [6.45, 7) is 4.22. The number of aryl methyl sites for hydroxylation is 1. The summed E-state index contributed by atoms with van der Waals surface area (Å²) in [5.41, 5.74) is 2.43. The second-order valence-corrected chi connectivity index (χ2v) is 8.06. The van der Waals surface area contributed by atoms with Gasteiger partial charge in [0.2, 0.25) is 0 Å². The Labute approximate surface area is 167 Å². The Hall–Kier alpha value is -2.51. The number of benzene rings is 1. The van der Waals surface area contributed by atoms with E-state index in [1.165, 1.54) is 11.3 Å². The third kappa shape index (κ3) is 3.72. The average Bonchev–Trinajstić information content (AvgIpc) is 3.09. The molecule has 3 heterocycles. The van der Waals surface area contributed by atoms with Gasteiger partial charge in [-0.15, -0.1) is 11.3 Å². The molecule has 4 rings (SSSR count). The summed E-state index contributed by atoms with van der Waals surface area (Å²) in [6, 6.07) is 8.96. The highest BCUT2D eigenvalue weighted by Gasteiger charge is 2.26. The zero-order valence-electron chi connectivity index (χ0n) is 16.1. The fraction of sp³-hybridized carbons (Fsp3) is 0.381. The summed E-state index contributed by atoms with van der Waals surface area (Å²) in [4.78, 5) is 32.7. The fourth-order valence-corrected chi connectivity index (χ4v) is 4.65. The number of Topliss-reactive ketones (excluding diaryl/α,β-unsaturated/α-hetero) is 1. The van der Waals surface area contributed by atoms with Crippen molar-refractivity contribution >= 4 is 22.1 Å². The second-order valence-electron chi connectivity index (χ2n) is 7.22. The molecule has 6 nitrogen and oxygen atoms in total. The van der Waals surface area contributed by atoms with Gasteiger partial charge in [-0.25, -0.2) is 4.98 Å². The van der Waals surface area contributed by atoms with E-state index in [2.05, 4.69) is 9.88 Å². The van der Waals surface area contributed by atoms with Crippen LogP contribution in [0.1, 0.15) is 34.6 Å². The summed E-state index contributed by atoms with van der Waals surface area (Å²) in [6.07, 6.45) is 1.65. The fourth-order valence-electron chi connectivity index (χ4n) is 3.76. The van der Waals surface area contributed by atoms with E-state index in [-0.39, 0.29) is 17.3 Å². The zero-order chi connectivity index (χ0) is 19.7. The third-order valence-electron chi connectivity index (χ3n) is 5.35. The number of carbonyl (C=O) groups excluding carboxylic acids is 1. The Balaban J connectivity index is 1.39. The van der Waals surface area contributed by atoms with Crippen LogP contribution in [0.5, 0.6) is 5.75 Å². The smallest absolute Gasteiger partial charge is 0.259 e. The van der Waals surface area contributed by atoms with Crippen molar-refractivity contribution < 1.29 is 9.53 Å². The number of aromatic nitrogens is 2. The number of ether oxygens (including phenoxy) is 1. The van der Waals surface area contributed by atoms with Gasteiger partial charge >= 0.3 is 0 Å². The van der Waals surface area contributed by atoms with Crippen LogP contribution in [-0.4, -0.2) is 40.3 Å². The number of rotatable bonds is 5. The van der Waals surface area contributed by atoms with E-state index in [9.17, 15) is 9.59 Å². The second kappa shape index (κ2) is 7.85. The van der Waals surface area contributed by atoms with Gasteiger partial charge in [-0.1, -0.05) is 0 Å². The number of ketones is 1. The Morgan fingerprint density at radius 2 is 1.96 bits per heavy atom. The van der Waals surface area contributed by atoms with Crippen molar-refractivity contribution in [2.45, 2.75) is 26.3 Å². The molecule has 0 aliphatic carbocycles. The molecular weight excluding hydrogens is 374 g/mol. The molecule has 1 fully saturated rings. The van der Waals surface area contributed by atoms with Gasteiger partial charge in [-0.3, -0.25) is 18.9 Å². The first kappa shape index (κ1) is 18.8. The summed E-state index contributed by atoms with van der Waals surface area (Å²) in [5.74, 6) is 1.01. The van der Waals surface area contributed by atoms with Crippen LogP contribution >= 0.6 is 11.3 Å². The van der Waals surface area contributed by atoms with Crippen LogP contribution in [0.4, 0.5) is 0 Å². The van der Waals surface area contributed by atoms with Crippen molar-refractivity contribution in [1.29, 1.82) is 0 Å². The SMILES string of the molecule is COc1ccc(C(=O)C2CCN(Cc3cc(=O)n4c(C)csc4n3)CC2)cc1. The van der Waals surface area contributed by atoms with E-state index in [4.69, 9.17) is 4.74 Å². The molecule has 146 valence electrons. The predicted molar refractivity (Wildman–Crippen MR) is 109 cm³/mol. The van der Waals surface area contributed by atoms with E-state index in [1.807, 2.05) is 36.6 Å². The lowest BCUT2D eigenvalue weighted by molar-refractivity contribution is 0.0834. The van der Waals surface area contributed by atoms with Crippen LogP contribution in [0.15, 0.2) is 40.5 Å². The lowest BCUT2D eigenvalue weighted by atomic mass is 9.89. The Kier molecular flexibility index (Phi) is 5.28. The van der Waals surface area contributed by atoms with Gasteiger partial charge in [0.15, 0.2) is 10.7 Å². The van der Waals surface area contributed by atoms with E-state index < -0.39 is 0 Å². The molecule has 3 aromatic rings. The number of hydrogen-bond acceptors (Lipinski definition) is 6. The molecule has 0 atom stereocenters. The van der Waals surface area contributed by atoms with Gasteiger partial charge < -0.3 is 4.74 Å². The first-order valence-corrected chi connectivity index (χ1v) is 10.3. The maximum absolute atomic E-state index is 12.7. The highest BCUT2D eigenvalue weighted by Crippen LogP contribution is 2.24. The minimum Gasteiger partial charge on any atom is -0.497 e. The standard InChI is InChI=1S/C21H23N3O3S/c1-14-13-28-21-22-17(11-19(25)24(14)21)12-23-9-7-16(8-10-23)20(26)15-3-5-18(27-2)6-4-15/h3-6,11,13,16H,7-10,12H2,1-2H3. The van der Waals surface area contributed by atoms with Crippen molar-refractivity contribution in [2.75, 3.05) is 20.2 Å². The van der Waals surface area contributed by atoms with Crippen LogP contribution in [0.25, 0.3) is 4.96 Å². The number of piperidine rings is 1. The Bertz CT molecular complexity index is 1050. The van der Waals surface area contributed by atoms with Gasteiger partial charge in [-0.2, -0.15) is 0 Å². The van der Waals surface area contributed by atoms with E-state index in [0.29, 0.717) is 6.54 Å². The number of likely N-dealkylation sites (tertiary alicyclic amines) is 1. The van der Waals surface area contributed by atoms with Crippen LogP contribution in [-0.2, 0) is 6.54 Å². The van der Waals surface area contributed by atoms with E-state index in [0.717, 1.165) is 53.6 Å². The summed E-state index contributed by atoms with van der Waals surface area (Å²) < 4.78 is 6.80. The van der Waals surface area contributed by atoms with Crippen LogP contribution < -0.4 is 10.3 Å². The Morgan fingerprint density at radius 3 is 2.64 bits per heavy atom. The topological polar surface area (TPSA) is 63.9 Å². The molecule has 0 amide bonds. The van der Waals surface area contributed by atoms with Crippen molar-refractivity contribution in [3.05, 3.63) is 63.0 Å². The number of nitrogens with zero attached hydrogens (tertiary/aromatic N) is 3. The minimum absolute atomic E-state index is 0.0247. The van der Waals surface area contributed by atoms with Gasteiger partial charge in [-0.05, 0) is 57.1 Å². The number of methoxy groups -OCH3 is 1. The third-order valence-corrected chi connectivity index (χ3v) is 6.29. The highest BCUT2D eigenvalue weighted by atomic mass is 32.1. The molecule has 1 aliphatic rings. The molecule has 28 heavy (non-hydrogen) atoms. The first-order valence-electron chi connectivity index (χ1n) is 9.42. The molecule has 1 saturated heterocycles. The predicted octanol–water partition coefficient (Wildman–Crippen LogP) is 3.17. The van der Waals surface area contributed by atoms with Crippen molar-refractivity contribution in [3.63, 3.8) is 0 Å². The molecule has 1 aliphatic heterocycles. The van der Waals surface area contributed by atoms with Crippen LogP contribution in [0, 0.1) is 12.8 Å². The maximum Gasteiger partial charge on any atom is 0.259 e. The van der Waals surface area contributed by atoms with Crippen LogP contribution in [0.2, 0.25) is 0 Å². The summed E-state index contributed by atoms with van der Waals surface area (Å²) in [5, 5.41) is 1.95. The molecule has 0 N–H and O–H groups in total. The Morgan fingerprint density at radius 1 is 1.25 bits per heavy atom. The molecule has 0 radical (unpaired) electrons. The maximum atomic E-state index is 12.7. The number of fused-ring (bicyclic) bond motifs is 1. The van der Waals surface area contributed by atoms with Crippen molar-refractivity contribution in [2.24, 2.45) is 5.92 Å². The molecule has 0 unspecified atom stereocenters.